The minimum atomic E-state index is 0.262. The van der Waals surface area contributed by atoms with Crippen molar-refractivity contribution in [2.45, 2.75) is 33.2 Å². The average Bonchev–Trinajstić information content (AvgIpc) is 2.86. The van der Waals surface area contributed by atoms with E-state index in [2.05, 4.69) is 53.2 Å². The first-order valence-electron chi connectivity index (χ1n) is 7.37. The second-order valence-corrected chi connectivity index (χ2v) is 5.67. The van der Waals surface area contributed by atoms with Gasteiger partial charge in [-0.1, -0.05) is 37.1 Å². The molecular formula is C16H21N5. The first kappa shape index (κ1) is 13.8. The van der Waals surface area contributed by atoms with E-state index >= 15 is 0 Å². The van der Waals surface area contributed by atoms with Gasteiger partial charge in [0.15, 0.2) is 11.5 Å². The molecule has 2 aromatic rings. The summed E-state index contributed by atoms with van der Waals surface area (Å²) in [6, 6.07) is 0.262. The monoisotopic (exact) mass is 283 g/mol. The van der Waals surface area contributed by atoms with E-state index in [9.17, 15) is 0 Å². The van der Waals surface area contributed by atoms with Gasteiger partial charge in [-0.3, -0.25) is 0 Å². The molecule has 0 aromatic carbocycles. The van der Waals surface area contributed by atoms with Crippen LogP contribution in [0.1, 0.15) is 27.2 Å². The summed E-state index contributed by atoms with van der Waals surface area (Å²) in [6.07, 6.45) is 8.87. The smallest absolute Gasteiger partial charge is 0.182 e. The third kappa shape index (κ3) is 2.33. The standard InChI is InChI=1S/C16H21N5/c1-5-12-7-6-10(2)13(11(12)3)20-16-14-15(17-8-18-16)19-9-21(14)4/h6-9,11,13H,5H2,1-4H3,(H,17,18,20). The minimum Gasteiger partial charge on any atom is -0.361 e. The molecule has 5 nitrogen and oxygen atoms in total. The number of nitrogens with one attached hydrogen (secondary N) is 1. The summed E-state index contributed by atoms with van der Waals surface area (Å²) in [7, 11) is 1.97. The van der Waals surface area contributed by atoms with Gasteiger partial charge >= 0.3 is 0 Å². The number of hydrogen-bond acceptors (Lipinski definition) is 4. The van der Waals surface area contributed by atoms with Crippen LogP contribution in [0.15, 0.2) is 36.0 Å². The fourth-order valence-corrected chi connectivity index (χ4v) is 3.02. The number of aryl methyl sites for hydroxylation is 1. The highest BCUT2D eigenvalue weighted by Crippen LogP contribution is 2.30. The summed E-state index contributed by atoms with van der Waals surface area (Å²) in [4.78, 5) is 12.9. The summed E-state index contributed by atoms with van der Waals surface area (Å²) >= 11 is 0. The molecule has 3 rings (SSSR count). The van der Waals surface area contributed by atoms with Crippen LogP contribution in [0, 0.1) is 5.92 Å². The van der Waals surface area contributed by atoms with Crippen molar-refractivity contribution in [1.29, 1.82) is 0 Å². The lowest BCUT2D eigenvalue weighted by atomic mass is 9.83. The number of hydrogen-bond donors (Lipinski definition) is 1. The van der Waals surface area contributed by atoms with Crippen LogP contribution in [0.2, 0.25) is 0 Å². The second kappa shape index (κ2) is 5.31. The number of allylic oxidation sites excluding steroid dienone is 2. The SMILES string of the molecule is CCC1=CC=C(C)C(Nc2ncnc3ncn(C)c23)C1C. The Morgan fingerprint density at radius 3 is 2.81 bits per heavy atom. The molecule has 2 heterocycles. The van der Waals surface area contributed by atoms with Crippen molar-refractivity contribution in [1.82, 2.24) is 19.5 Å². The lowest BCUT2D eigenvalue weighted by Gasteiger charge is -2.31. The summed E-state index contributed by atoms with van der Waals surface area (Å²) in [5, 5.41) is 3.59. The Bertz CT molecular complexity index is 725. The van der Waals surface area contributed by atoms with E-state index in [-0.39, 0.29) is 6.04 Å². The Kier molecular flexibility index (Phi) is 3.49. The van der Waals surface area contributed by atoms with Gasteiger partial charge < -0.3 is 9.88 Å². The van der Waals surface area contributed by atoms with Crippen LogP contribution in [0.25, 0.3) is 11.2 Å². The van der Waals surface area contributed by atoms with Crippen LogP contribution in [-0.4, -0.2) is 25.6 Å². The maximum atomic E-state index is 4.42. The van der Waals surface area contributed by atoms with Gasteiger partial charge in [0.1, 0.15) is 11.8 Å². The largest absolute Gasteiger partial charge is 0.361 e. The van der Waals surface area contributed by atoms with Gasteiger partial charge in [-0.05, 0) is 13.3 Å². The van der Waals surface area contributed by atoms with Crippen molar-refractivity contribution in [2.24, 2.45) is 13.0 Å². The van der Waals surface area contributed by atoms with Crippen LogP contribution in [0.4, 0.5) is 5.82 Å². The number of aromatic nitrogens is 4. The number of fused-ring (bicyclic) bond motifs is 1. The predicted octanol–water partition coefficient (Wildman–Crippen LogP) is 3.08. The number of imidazole rings is 1. The molecule has 0 amide bonds. The fourth-order valence-electron chi connectivity index (χ4n) is 3.02. The highest BCUT2D eigenvalue weighted by Gasteiger charge is 2.25. The molecule has 21 heavy (non-hydrogen) atoms. The molecule has 0 saturated heterocycles. The first-order chi connectivity index (χ1) is 10.1. The molecule has 2 unspecified atom stereocenters. The van der Waals surface area contributed by atoms with E-state index in [0.29, 0.717) is 5.92 Å². The van der Waals surface area contributed by atoms with Crippen LogP contribution >= 0.6 is 0 Å². The van der Waals surface area contributed by atoms with Gasteiger partial charge in [0.25, 0.3) is 0 Å². The lowest BCUT2D eigenvalue weighted by Crippen LogP contribution is -2.32. The summed E-state index contributed by atoms with van der Waals surface area (Å²) in [5.74, 6) is 1.31. The van der Waals surface area contributed by atoms with Gasteiger partial charge in [-0.15, -0.1) is 0 Å². The maximum absolute atomic E-state index is 4.42. The van der Waals surface area contributed by atoms with E-state index in [4.69, 9.17) is 0 Å². The maximum Gasteiger partial charge on any atom is 0.182 e. The van der Waals surface area contributed by atoms with E-state index < -0.39 is 0 Å². The number of anilines is 1. The van der Waals surface area contributed by atoms with Crippen molar-refractivity contribution in [3.05, 3.63) is 36.0 Å². The van der Waals surface area contributed by atoms with Crippen LogP contribution in [0.5, 0.6) is 0 Å². The second-order valence-electron chi connectivity index (χ2n) is 5.67. The molecular weight excluding hydrogens is 262 g/mol. The highest BCUT2D eigenvalue weighted by atomic mass is 15.1. The Hall–Kier alpha value is -2.17. The predicted molar refractivity (Wildman–Crippen MR) is 85.0 cm³/mol. The average molecular weight is 283 g/mol. The normalized spacial score (nSPS) is 22.1. The minimum absolute atomic E-state index is 0.262. The zero-order valence-electron chi connectivity index (χ0n) is 13.0. The number of nitrogens with zero attached hydrogens (tertiary/aromatic N) is 4. The van der Waals surface area contributed by atoms with Crippen LogP contribution < -0.4 is 5.32 Å². The summed E-state index contributed by atoms with van der Waals surface area (Å²) in [5.41, 5.74) is 4.47. The van der Waals surface area contributed by atoms with Crippen molar-refractivity contribution in [3.8, 4) is 0 Å². The quantitative estimate of drug-likeness (QED) is 0.940. The van der Waals surface area contributed by atoms with Crippen molar-refractivity contribution in [2.75, 3.05) is 5.32 Å². The van der Waals surface area contributed by atoms with Gasteiger partial charge in [0.05, 0.1) is 12.4 Å². The molecule has 0 radical (unpaired) electrons. The van der Waals surface area contributed by atoms with E-state index in [1.54, 1.807) is 12.7 Å². The molecule has 110 valence electrons. The van der Waals surface area contributed by atoms with Gasteiger partial charge in [0, 0.05) is 13.0 Å². The molecule has 0 saturated carbocycles. The third-order valence-electron chi connectivity index (χ3n) is 4.35. The molecule has 5 heteroatoms. The van der Waals surface area contributed by atoms with Gasteiger partial charge in [0.2, 0.25) is 0 Å². The zero-order valence-corrected chi connectivity index (χ0v) is 13.0. The molecule has 2 atom stereocenters. The molecule has 0 spiro atoms. The van der Waals surface area contributed by atoms with Crippen LogP contribution in [-0.2, 0) is 7.05 Å². The molecule has 1 N–H and O–H groups in total. The van der Waals surface area contributed by atoms with E-state index in [1.165, 1.54) is 11.1 Å². The molecule has 2 aromatic heterocycles. The zero-order chi connectivity index (χ0) is 15.0. The van der Waals surface area contributed by atoms with E-state index in [0.717, 1.165) is 23.4 Å². The number of rotatable bonds is 3. The van der Waals surface area contributed by atoms with E-state index in [1.807, 2.05) is 11.6 Å². The van der Waals surface area contributed by atoms with Crippen molar-refractivity contribution in [3.63, 3.8) is 0 Å². The van der Waals surface area contributed by atoms with Gasteiger partial charge in [-0.2, -0.15) is 0 Å². The Balaban J connectivity index is 1.97. The lowest BCUT2D eigenvalue weighted by molar-refractivity contribution is 0.578. The van der Waals surface area contributed by atoms with Crippen LogP contribution in [0.3, 0.4) is 0 Å². The first-order valence-corrected chi connectivity index (χ1v) is 7.37. The Labute approximate surface area is 124 Å². The Morgan fingerprint density at radius 2 is 2.05 bits per heavy atom. The van der Waals surface area contributed by atoms with Crippen molar-refractivity contribution >= 4 is 17.0 Å². The topological polar surface area (TPSA) is 55.6 Å². The van der Waals surface area contributed by atoms with Gasteiger partial charge in [-0.25, -0.2) is 15.0 Å². The third-order valence-corrected chi connectivity index (χ3v) is 4.35. The Morgan fingerprint density at radius 1 is 1.24 bits per heavy atom. The molecule has 0 fully saturated rings. The summed E-state index contributed by atoms with van der Waals surface area (Å²) in [6.45, 7) is 6.64. The highest BCUT2D eigenvalue weighted by molar-refractivity contribution is 5.83. The molecule has 0 bridgehead atoms. The summed E-state index contributed by atoms with van der Waals surface area (Å²) < 4.78 is 1.96. The molecule has 1 aliphatic rings. The molecule has 1 aliphatic carbocycles. The fraction of sp³-hybridized carbons (Fsp3) is 0.438. The van der Waals surface area contributed by atoms with Crippen molar-refractivity contribution < 1.29 is 0 Å². The molecule has 0 aliphatic heterocycles.